The van der Waals surface area contributed by atoms with Gasteiger partial charge < -0.3 is 0 Å². The van der Waals surface area contributed by atoms with Crippen LogP contribution in [0.5, 0.6) is 0 Å². The van der Waals surface area contributed by atoms with E-state index in [1.807, 2.05) is 41.7 Å². The summed E-state index contributed by atoms with van der Waals surface area (Å²) < 4.78 is 0. The van der Waals surface area contributed by atoms with Crippen LogP contribution in [0.1, 0.15) is 85.2 Å². The average Bonchev–Trinajstić information content (AvgIpc) is 3.63. The average molecular weight is 462 g/mol. The van der Waals surface area contributed by atoms with E-state index in [1.54, 1.807) is 6.08 Å². The Bertz CT molecular complexity index is 968. The van der Waals surface area contributed by atoms with Crippen molar-refractivity contribution in [3.63, 3.8) is 0 Å². The zero-order valence-electron chi connectivity index (χ0n) is 23.2. The highest BCUT2D eigenvalue weighted by Gasteiger charge is 2.42. The second-order valence-electron chi connectivity index (χ2n) is 8.30. The molecule has 2 N–H and O–H groups in total. The van der Waals surface area contributed by atoms with Crippen LogP contribution in [0.2, 0.25) is 0 Å². The van der Waals surface area contributed by atoms with E-state index in [4.69, 9.17) is 0 Å². The minimum absolute atomic E-state index is 0.0451. The molecule has 3 nitrogen and oxygen atoms in total. The normalized spacial score (nSPS) is 19.8. The number of benzene rings is 2. The molecule has 1 aliphatic heterocycles. The van der Waals surface area contributed by atoms with Crippen LogP contribution in [0.15, 0.2) is 78.9 Å². The lowest BCUT2D eigenvalue weighted by Gasteiger charge is -2.22. The molecular formula is C31H47N3. The second-order valence-corrected chi connectivity index (χ2v) is 8.30. The third-order valence-corrected chi connectivity index (χ3v) is 5.96. The number of likely N-dealkylation sites (N-methyl/N-ethyl adjacent to an activating group) is 1. The number of hydrazine groups is 1. The highest BCUT2D eigenvalue weighted by atomic mass is 15.8. The lowest BCUT2D eigenvalue weighted by Crippen LogP contribution is -2.36. The van der Waals surface area contributed by atoms with E-state index >= 15 is 0 Å². The predicted molar refractivity (Wildman–Crippen MR) is 152 cm³/mol. The topological polar surface area (TPSA) is 37.0 Å². The van der Waals surface area contributed by atoms with E-state index in [1.165, 1.54) is 33.4 Å². The highest BCUT2D eigenvalue weighted by Crippen LogP contribution is 2.49. The Kier molecular flexibility index (Phi) is 12.2. The molecule has 3 atom stereocenters. The Morgan fingerprint density at radius 1 is 1.00 bits per heavy atom. The maximum absolute atomic E-state index is 3.55. The first kappa shape index (κ1) is 29.6. The minimum atomic E-state index is 0.0451. The van der Waals surface area contributed by atoms with Crippen LogP contribution in [0.3, 0.4) is 0 Å². The Morgan fingerprint density at radius 2 is 1.59 bits per heavy atom. The second kappa shape index (κ2) is 14.1. The zero-order chi connectivity index (χ0) is 25.9. The summed E-state index contributed by atoms with van der Waals surface area (Å²) in [7, 11) is 2.01. The molecule has 1 aliphatic carbocycles. The highest BCUT2D eigenvalue weighted by molar-refractivity contribution is 5.80. The van der Waals surface area contributed by atoms with Crippen molar-refractivity contribution in [3.8, 4) is 11.1 Å². The monoisotopic (exact) mass is 461 g/mol. The molecule has 1 fully saturated rings. The van der Waals surface area contributed by atoms with Crippen LogP contribution >= 0.6 is 0 Å². The van der Waals surface area contributed by atoms with Crippen molar-refractivity contribution in [1.82, 2.24) is 15.8 Å². The van der Waals surface area contributed by atoms with Crippen molar-refractivity contribution in [2.24, 2.45) is 0 Å². The Labute approximate surface area is 209 Å². The fraction of sp³-hybridized carbons (Fsp3) is 0.419. The van der Waals surface area contributed by atoms with Crippen LogP contribution in [0.25, 0.3) is 11.1 Å². The first-order valence-electron chi connectivity index (χ1n) is 12.8. The molecule has 0 bridgehead atoms. The van der Waals surface area contributed by atoms with Gasteiger partial charge in [-0.3, -0.25) is 5.32 Å². The van der Waals surface area contributed by atoms with E-state index in [0.29, 0.717) is 0 Å². The third-order valence-electron chi connectivity index (χ3n) is 5.96. The molecule has 1 heterocycles. The Balaban J connectivity index is 0.000000750. The minimum Gasteiger partial charge on any atom is -0.300 e. The van der Waals surface area contributed by atoms with Crippen LogP contribution in [-0.2, 0) is 5.41 Å². The quantitative estimate of drug-likeness (QED) is 0.268. The van der Waals surface area contributed by atoms with Crippen molar-refractivity contribution in [2.45, 2.75) is 80.1 Å². The number of nitrogens with one attached hydrogen (secondary N) is 2. The van der Waals surface area contributed by atoms with Gasteiger partial charge in [0.2, 0.25) is 0 Å². The molecule has 0 amide bonds. The molecule has 3 unspecified atom stereocenters. The van der Waals surface area contributed by atoms with Crippen LogP contribution < -0.4 is 10.7 Å². The fourth-order valence-electron chi connectivity index (χ4n) is 4.46. The van der Waals surface area contributed by atoms with Crippen LogP contribution in [0.4, 0.5) is 0 Å². The molecule has 0 saturated carbocycles. The summed E-state index contributed by atoms with van der Waals surface area (Å²) in [4.78, 5) is 0. The standard InChI is InChI=1S/C24H29N3.C3H6.2C2H6/c1-6-10-16(7-2)22(25-5)27-23(26-27)17-13-14-19-18-11-8-9-12-20(18)24(3,4)21(19)15-17;1-3-2;2*1-2/h6-15,22-23,25-26H,1-5H3;3H,1H2,2H3;2*1-2H3/b10-6-,16-7+;;;. The molecule has 2 aromatic carbocycles. The summed E-state index contributed by atoms with van der Waals surface area (Å²) in [5, 5.41) is 5.71. The maximum atomic E-state index is 3.55. The van der Waals surface area contributed by atoms with Crippen molar-refractivity contribution in [3.05, 3.63) is 95.6 Å². The lowest BCUT2D eigenvalue weighted by molar-refractivity contribution is 0.355. The number of hydrogen-bond donors (Lipinski definition) is 2. The van der Waals surface area contributed by atoms with E-state index in [2.05, 4.69) is 111 Å². The third kappa shape index (κ3) is 6.15. The zero-order valence-corrected chi connectivity index (χ0v) is 23.2. The summed E-state index contributed by atoms with van der Waals surface area (Å²) in [6.45, 7) is 22.1. The fourth-order valence-corrected chi connectivity index (χ4v) is 4.46. The Hall–Kier alpha value is -2.46. The summed E-state index contributed by atoms with van der Waals surface area (Å²) in [6.07, 6.45) is 8.58. The molecule has 0 aromatic heterocycles. The molecule has 3 heteroatoms. The molecular weight excluding hydrogens is 414 g/mol. The van der Waals surface area contributed by atoms with Gasteiger partial charge in [-0.2, -0.15) is 5.01 Å². The molecule has 34 heavy (non-hydrogen) atoms. The molecule has 4 rings (SSSR count). The van der Waals surface area contributed by atoms with Gasteiger partial charge in [-0.1, -0.05) is 108 Å². The van der Waals surface area contributed by atoms with Gasteiger partial charge >= 0.3 is 0 Å². The van der Waals surface area contributed by atoms with E-state index in [-0.39, 0.29) is 17.7 Å². The first-order valence-corrected chi connectivity index (χ1v) is 12.8. The van der Waals surface area contributed by atoms with Gasteiger partial charge in [0.1, 0.15) is 12.3 Å². The smallest absolute Gasteiger partial charge is 0.114 e. The molecule has 2 aliphatic rings. The van der Waals surface area contributed by atoms with Crippen molar-refractivity contribution in [1.29, 1.82) is 0 Å². The van der Waals surface area contributed by atoms with Gasteiger partial charge in [-0.15, -0.1) is 6.58 Å². The number of hydrogen-bond acceptors (Lipinski definition) is 3. The van der Waals surface area contributed by atoms with Crippen LogP contribution in [0, 0.1) is 0 Å². The van der Waals surface area contributed by atoms with Gasteiger partial charge in [0, 0.05) is 5.41 Å². The summed E-state index contributed by atoms with van der Waals surface area (Å²) >= 11 is 0. The molecule has 2 aromatic rings. The van der Waals surface area contributed by atoms with Crippen molar-refractivity contribution >= 4 is 0 Å². The number of allylic oxidation sites excluding steroid dienone is 3. The largest absolute Gasteiger partial charge is 0.300 e. The van der Waals surface area contributed by atoms with E-state index < -0.39 is 0 Å². The van der Waals surface area contributed by atoms with E-state index in [0.717, 1.165) is 0 Å². The first-order chi connectivity index (χ1) is 16.4. The van der Waals surface area contributed by atoms with Gasteiger partial charge in [0.25, 0.3) is 0 Å². The van der Waals surface area contributed by atoms with E-state index in [9.17, 15) is 0 Å². The predicted octanol–water partition coefficient (Wildman–Crippen LogP) is 8.12. The molecule has 0 radical (unpaired) electrons. The summed E-state index contributed by atoms with van der Waals surface area (Å²) in [5.41, 5.74) is 11.8. The SMILES string of the molecule is C/C=C\C(=C/C)C(NC)N1NC1c1ccc2c(c1)C(C)(C)c1ccccc1-2.C=CC.CC.CC. The van der Waals surface area contributed by atoms with Gasteiger partial charge in [-0.25, -0.2) is 5.43 Å². The maximum Gasteiger partial charge on any atom is 0.114 e. The van der Waals surface area contributed by atoms with Gasteiger partial charge in [0.05, 0.1) is 0 Å². The molecule has 1 saturated heterocycles. The molecule has 186 valence electrons. The van der Waals surface area contributed by atoms with Crippen molar-refractivity contribution < 1.29 is 0 Å². The van der Waals surface area contributed by atoms with Crippen LogP contribution in [-0.4, -0.2) is 18.2 Å². The summed E-state index contributed by atoms with van der Waals surface area (Å²) in [5.74, 6) is 0. The molecule has 0 spiro atoms. The van der Waals surface area contributed by atoms with Gasteiger partial charge in [-0.05, 0) is 61.2 Å². The number of fused-ring (bicyclic) bond motifs is 3. The number of nitrogens with zero attached hydrogens (tertiary/aromatic N) is 1. The Morgan fingerprint density at radius 3 is 2.15 bits per heavy atom. The number of rotatable bonds is 5. The van der Waals surface area contributed by atoms with Gasteiger partial charge in [0.15, 0.2) is 0 Å². The lowest BCUT2D eigenvalue weighted by atomic mass is 9.82. The van der Waals surface area contributed by atoms with Crippen molar-refractivity contribution in [2.75, 3.05) is 7.05 Å². The summed E-state index contributed by atoms with van der Waals surface area (Å²) in [6, 6.07) is 15.8.